The van der Waals surface area contributed by atoms with Gasteiger partial charge in [0, 0.05) is 6.04 Å². The molecular formula is C31H44ClN3O4. The maximum atomic E-state index is 14.4. The molecule has 8 heteroatoms. The Bertz CT molecular complexity index is 1150. The van der Waals surface area contributed by atoms with Crippen molar-refractivity contribution in [3.63, 3.8) is 0 Å². The molecule has 7 nitrogen and oxygen atoms in total. The first-order valence-electron chi connectivity index (χ1n) is 13.5. The van der Waals surface area contributed by atoms with E-state index in [4.69, 9.17) is 16.3 Å². The van der Waals surface area contributed by atoms with Crippen molar-refractivity contribution in [3.8, 4) is 0 Å². The Balaban J connectivity index is 2.68. The van der Waals surface area contributed by atoms with Gasteiger partial charge in [0.25, 0.3) is 5.91 Å². The number of hydrogen-bond acceptors (Lipinski definition) is 4. The molecule has 2 N–H and O–H groups in total. The van der Waals surface area contributed by atoms with E-state index >= 15 is 0 Å². The number of carbonyl (C=O) groups excluding carboxylic acids is 3. The highest BCUT2D eigenvalue weighted by Gasteiger charge is 2.40. The summed E-state index contributed by atoms with van der Waals surface area (Å²) >= 11 is 6.46. The zero-order valence-electron chi connectivity index (χ0n) is 24.9. The van der Waals surface area contributed by atoms with E-state index in [0.717, 1.165) is 22.3 Å². The van der Waals surface area contributed by atoms with Crippen molar-refractivity contribution in [1.29, 1.82) is 0 Å². The molecule has 2 aromatic rings. The Kier molecular flexibility index (Phi) is 11.0. The summed E-state index contributed by atoms with van der Waals surface area (Å²) in [6.45, 7) is 18.6. The summed E-state index contributed by atoms with van der Waals surface area (Å²) in [5.41, 5.74) is 3.10. The Morgan fingerprint density at radius 1 is 0.949 bits per heavy atom. The van der Waals surface area contributed by atoms with Crippen LogP contribution in [0.25, 0.3) is 0 Å². The first kappa shape index (κ1) is 32.2. The van der Waals surface area contributed by atoms with Gasteiger partial charge in [0.1, 0.15) is 17.7 Å². The highest BCUT2D eigenvalue weighted by atomic mass is 35.5. The number of benzene rings is 2. The van der Waals surface area contributed by atoms with E-state index in [2.05, 4.69) is 10.6 Å². The number of rotatable bonds is 9. The molecule has 0 heterocycles. The van der Waals surface area contributed by atoms with Gasteiger partial charge < -0.3 is 20.3 Å². The number of nitrogens with one attached hydrogen (secondary N) is 2. The average molecular weight is 558 g/mol. The van der Waals surface area contributed by atoms with E-state index in [1.54, 1.807) is 31.7 Å². The number of aryl methyl sites for hydroxylation is 3. The predicted molar refractivity (Wildman–Crippen MR) is 158 cm³/mol. The minimum absolute atomic E-state index is 0.260. The molecule has 214 valence electrons. The fraction of sp³-hybridized carbons (Fsp3) is 0.516. The monoisotopic (exact) mass is 557 g/mol. The number of para-hydroxylation sites is 1. The molecule has 39 heavy (non-hydrogen) atoms. The number of alkyl carbamates (subject to hydrolysis) is 1. The largest absolute Gasteiger partial charge is 0.444 e. The van der Waals surface area contributed by atoms with Crippen molar-refractivity contribution >= 4 is 35.2 Å². The Morgan fingerprint density at radius 3 is 1.97 bits per heavy atom. The van der Waals surface area contributed by atoms with E-state index in [-0.39, 0.29) is 23.8 Å². The van der Waals surface area contributed by atoms with Gasteiger partial charge in [0.2, 0.25) is 5.91 Å². The van der Waals surface area contributed by atoms with Crippen LogP contribution in [0.5, 0.6) is 0 Å². The van der Waals surface area contributed by atoms with Crippen LogP contribution in [0.4, 0.5) is 10.5 Å². The normalized spacial score (nSPS) is 13.8. The van der Waals surface area contributed by atoms with Gasteiger partial charge in [-0.15, -0.1) is 0 Å². The van der Waals surface area contributed by atoms with Crippen molar-refractivity contribution in [2.45, 2.75) is 99.4 Å². The molecule has 0 spiro atoms. The molecule has 2 rings (SSSR count). The summed E-state index contributed by atoms with van der Waals surface area (Å²) in [6, 6.07) is 9.01. The topological polar surface area (TPSA) is 87.7 Å². The molecule has 2 aromatic carbocycles. The predicted octanol–water partition coefficient (Wildman–Crippen LogP) is 7.12. The fourth-order valence-corrected chi connectivity index (χ4v) is 4.81. The first-order valence-corrected chi connectivity index (χ1v) is 13.9. The zero-order valence-corrected chi connectivity index (χ0v) is 25.7. The Hall–Kier alpha value is -3.06. The SMILES string of the molecule is CCC(C)N(C(=O)C(NC(=O)OC(C)(C)C)C(C)C)C(C(=O)Nc1c(C)cccc1Cl)c1c(C)cccc1C. The highest BCUT2D eigenvalue weighted by Crippen LogP contribution is 2.34. The van der Waals surface area contributed by atoms with Gasteiger partial charge in [-0.1, -0.05) is 62.7 Å². The maximum absolute atomic E-state index is 14.4. The van der Waals surface area contributed by atoms with Crippen LogP contribution in [-0.2, 0) is 14.3 Å². The second-order valence-electron chi connectivity index (χ2n) is 11.5. The fourth-order valence-electron chi connectivity index (χ4n) is 4.54. The smallest absolute Gasteiger partial charge is 0.408 e. The quantitative estimate of drug-likeness (QED) is 0.343. The van der Waals surface area contributed by atoms with Crippen LogP contribution >= 0.6 is 11.6 Å². The minimum Gasteiger partial charge on any atom is -0.444 e. The molecule has 0 fully saturated rings. The summed E-state index contributed by atoms with van der Waals surface area (Å²) in [5, 5.41) is 6.19. The van der Waals surface area contributed by atoms with Crippen LogP contribution in [0, 0.1) is 26.7 Å². The molecule has 0 aliphatic heterocycles. The third kappa shape index (κ3) is 8.21. The summed E-state index contributed by atoms with van der Waals surface area (Å²) < 4.78 is 5.46. The highest BCUT2D eigenvalue weighted by molar-refractivity contribution is 6.34. The lowest BCUT2D eigenvalue weighted by molar-refractivity contribution is -0.144. The van der Waals surface area contributed by atoms with Gasteiger partial charge in [0.05, 0.1) is 10.7 Å². The third-order valence-corrected chi connectivity index (χ3v) is 7.05. The number of amides is 3. The average Bonchev–Trinajstić information content (AvgIpc) is 2.82. The maximum Gasteiger partial charge on any atom is 0.408 e. The molecule has 0 aromatic heterocycles. The van der Waals surface area contributed by atoms with Crippen LogP contribution in [-0.4, -0.2) is 40.5 Å². The molecular weight excluding hydrogens is 514 g/mol. The van der Waals surface area contributed by atoms with Gasteiger partial charge in [-0.25, -0.2) is 4.79 Å². The molecule has 3 atom stereocenters. The van der Waals surface area contributed by atoms with E-state index in [1.807, 2.05) is 78.8 Å². The number of carbonyl (C=O) groups is 3. The lowest BCUT2D eigenvalue weighted by Crippen LogP contribution is -2.56. The van der Waals surface area contributed by atoms with Gasteiger partial charge in [-0.3, -0.25) is 9.59 Å². The molecule has 3 amide bonds. The van der Waals surface area contributed by atoms with Gasteiger partial charge in [-0.2, -0.15) is 0 Å². The van der Waals surface area contributed by atoms with Crippen LogP contribution in [0.1, 0.15) is 83.2 Å². The van der Waals surface area contributed by atoms with E-state index in [1.165, 1.54) is 0 Å². The van der Waals surface area contributed by atoms with Crippen LogP contribution < -0.4 is 10.6 Å². The third-order valence-electron chi connectivity index (χ3n) is 6.74. The molecule has 0 saturated heterocycles. The van der Waals surface area contributed by atoms with Crippen molar-refractivity contribution in [2.75, 3.05) is 5.32 Å². The molecule has 0 bridgehead atoms. The number of hydrogen-bond donors (Lipinski definition) is 2. The van der Waals surface area contributed by atoms with Crippen LogP contribution in [0.15, 0.2) is 36.4 Å². The second-order valence-corrected chi connectivity index (χ2v) is 11.9. The van der Waals surface area contributed by atoms with E-state index < -0.39 is 23.8 Å². The van der Waals surface area contributed by atoms with Crippen LogP contribution in [0.2, 0.25) is 5.02 Å². The molecule has 0 aliphatic rings. The van der Waals surface area contributed by atoms with Gasteiger partial charge >= 0.3 is 6.09 Å². The van der Waals surface area contributed by atoms with Crippen molar-refractivity contribution in [1.82, 2.24) is 10.2 Å². The summed E-state index contributed by atoms with van der Waals surface area (Å²) in [4.78, 5) is 42.9. The molecule has 0 saturated carbocycles. The second kappa shape index (κ2) is 13.3. The lowest BCUT2D eigenvalue weighted by Gasteiger charge is -2.40. The Morgan fingerprint density at radius 2 is 1.49 bits per heavy atom. The van der Waals surface area contributed by atoms with Crippen molar-refractivity contribution in [2.24, 2.45) is 5.92 Å². The molecule has 0 aliphatic carbocycles. The van der Waals surface area contributed by atoms with E-state index in [9.17, 15) is 14.4 Å². The minimum atomic E-state index is -0.967. The van der Waals surface area contributed by atoms with Gasteiger partial charge in [0.15, 0.2) is 0 Å². The summed E-state index contributed by atoms with van der Waals surface area (Å²) in [6.07, 6.45) is -0.0820. The summed E-state index contributed by atoms with van der Waals surface area (Å²) in [7, 11) is 0. The Labute approximate surface area is 238 Å². The molecule has 0 radical (unpaired) electrons. The lowest BCUT2D eigenvalue weighted by atomic mass is 9.91. The molecule has 3 unspecified atom stereocenters. The van der Waals surface area contributed by atoms with Gasteiger partial charge in [-0.05, 0) is 89.1 Å². The number of ether oxygens (including phenoxy) is 1. The standard InChI is InChI=1S/C31H44ClN3O4/c1-11-22(7)35(29(37)25(18(2)3)34-30(38)39-31(8,9)10)27(24-19(4)14-12-15-20(24)5)28(36)33-26-21(6)16-13-17-23(26)32/h12-18,22,25,27H,11H2,1-10H3,(H,33,36)(H,34,38). The zero-order chi connectivity index (χ0) is 29.7. The first-order chi connectivity index (χ1) is 18.1. The van der Waals surface area contributed by atoms with Crippen LogP contribution in [0.3, 0.4) is 0 Å². The number of anilines is 1. The number of nitrogens with zero attached hydrogens (tertiary/aromatic N) is 1. The number of halogens is 1. The van der Waals surface area contributed by atoms with Crippen molar-refractivity contribution in [3.05, 3.63) is 63.7 Å². The van der Waals surface area contributed by atoms with Crippen molar-refractivity contribution < 1.29 is 19.1 Å². The van der Waals surface area contributed by atoms with E-state index in [0.29, 0.717) is 17.1 Å². The summed E-state index contributed by atoms with van der Waals surface area (Å²) in [5.74, 6) is -0.995.